The van der Waals surface area contributed by atoms with E-state index in [9.17, 15) is 5.11 Å². The Hall–Kier alpha value is -1.64. The van der Waals surface area contributed by atoms with Crippen LogP contribution in [0.25, 0.3) is 0 Å². The maximum atomic E-state index is 11.0. The van der Waals surface area contributed by atoms with Gasteiger partial charge >= 0.3 is 0 Å². The van der Waals surface area contributed by atoms with Gasteiger partial charge in [0, 0.05) is 13.1 Å². The number of hydrogen-bond donors (Lipinski definition) is 1. The maximum absolute atomic E-state index is 11.0. The Morgan fingerprint density at radius 2 is 1.38 bits per heavy atom. The molecule has 0 bridgehead atoms. The van der Waals surface area contributed by atoms with Crippen LogP contribution in [0, 0.1) is 0 Å². The molecule has 1 aliphatic heterocycles. The van der Waals surface area contributed by atoms with E-state index in [1.807, 2.05) is 0 Å². The fourth-order valence-corrected chi connectivity index (χ4v) is 4.21. The smallest absolute Gasteiger partial charge is 0.0672 e. The molecule has 0 saturated carbocycles. The van der Waals surface area contributed by atoms with Crippen LogP contribution in [0.2, 0.25) is 0 Å². The third kappa shape index (κ3) is 4.96. The Bertz CT molecular complexity index is 592. The summed E-state index contributed by atoms with van der Waals surface area (Å²) in [6.07, 6.45) is 7.67. The normalized spacial score (nSPS) is 17.5. The second kappa shape index (κ2) is 9.34. The summed E-state index contributed by atoms with van der Waals surface area (Å²) in [5, 5.41) is 11.0. The lowest BCUT2D eigenvalue weighted by Gasteiger charge is -2.42. The molecule has 0 unspecified atom stereocenters. The molecule has 2 aromatic carbocycles. The van der Waals surface area contributed by atoms with E-state index in [-0.39, 0.29) is 6.04 Å². The van der Waals surface area contributed by atoms with Crippen molar-refractivity contribution < 1.29 is 5.11 Å². The van der Waals surface area contributed by atoms with E-state index < -0.39 is 5.60 Å². The number of rotatable bonds is 8. The van der Waals surface area contributed by atoms with Gasteiger partial charge in [0.25, 0.3) is 0 Å². The first kappa shape index (κ1) is 19.1. The van der Waals surface area contributed by atoms with Gasteiger partial charge in [-0.15, -0.1) is 0 Å². The molecule has 2 heteroatoms. The summed E-state index contributed by atoms with van der Waals surface area (Å²) in [5.41, 5.74) is 2.22. The van der Waals surface area contributed by atoms with Crippen LogP contribution >= 0.6 is 0 Å². The minimum Gasteiger partial charge on any atom is -0.390 e. The number of aliphatic hydroxyl groups is 1. The van der Waals surface area contributed by atoms with Crippen molar-refractivity contribution in [1.82, 2.24) is 4.90 Å². The summed E-state index contributed by atoms with van der Waals surface area (Å²) in [6.45, 7) is 4.15. The Morgan fingerprint density at radius 1 is 0.846 bits per heavy atom. The first-order valence-electron chi connectivity index (χ1n) is 10.3. The number of nitrogens with zero attached hydrogens (tertiary/aromatic N) is 1. The van der Waals surface area contributed by atoms with Crippen LogP contribution in [0.5, 0.6) is 0 Å². The number of likely N-dealkylation sites (tertiary alicyclic amines) is 1. The lowest BCUT2D eigenvalue weighted by molar-refractivity contribution is -0.0354. The minimum atomic E-state index is -0.456. The van der Waals surface area contributed by atoms with E-state index >= 15 is 0 Å². The van der Waals surface area contributed by atoms with Crippen LogP contribution in [-0.2, 0) is 0 Å². The number of hydrogen-bond acceptors (Lipinski definition) is 2. The summed E-state index contributed by atoms with van der Waals surface area (Å²) in [4.78, 5) is 2.55. The van der Waals surface area contributed by atoms with Gasteiger partial charge in [-0.25, -0.2) is 0 Å². The van der Waals surface area contributed by atoms with Crippen molar-refractivity contribution in [3.63, 3.8) is 0 Å². The van der Waals surface area contributed by atoms with E-state index in [2.05, 4.69) is 72.5 Å². The van der Waals surface area contributed by atoms with Gasteiger partial charge < -0.3 is 5.11 Å². The van der Waals surface area contributed by atoms with Gasteiger partial charge in [0.15, 0.2) is 0 Å². The molecule has 1 saturated heterocycles. The average molecular weight is 352 g/mol. The first-order valence-corrected chi connectivity index (χ1v) is 10.3. The predicted octanol–water partition coefficient (Wildman–Crippen LogP) is 5.57. The third-order valence-electron chi connectivity index (χ3n) is 5.82. The Morgan fingerprint density at radius 3 is 1.88 bits per heavy atom. The van der Waals surface area contributed by atoms with Crippen LogP contribution in [0.3, 0.4) is 0 Å². The van der Waals surface area contributed by atoms with Gasteiger partial charge in [-0.1, -0.05) is 93.3 Å². The molecule has 0 spiro atoms. The topological polar surface area (TPSA) is 23.5 Å². The van der Waals surface area contributed by atoms with Gasteiger partial charge in [0.05, 0.1) is 11.6 Å². The summed E-state index contributed by atoms with van der Waals surface area (Å²) in [5.74, 6) is 0. The molecule has 2 aromatic rings. The molecule has 3 rings (SSSR count). The summed E-state index contributed by atoms with van der Waals surface area (Å²) in [7, 11) is 0. The van der Waals surface area contributed by atoms with Crippen molar-refractivity contribution in [2.45, 2.75) is 63.5 Å². The molecule has 0 aromatic heterocycles. The largest absolute Gasteiger partial charge is 0.390 e. The molecule has 1 fully saturated rings. The van der Waals surface area contributed by atoms with Gasteiger partial charge in [0.2, 0.25) is 0 Å². The highest BCUT2D eigenvalue weighted by Gasteiger charge is 2.34. The number of unbranched alkanes of at least 4 members (excludes halogenated alkanes) is 3. The highest BCUT2D eigenvalue weighted by atomic mass is 16.3. The van der Waals surface area contributed by atoms with E-state index in [1.165, 1.54) is 30.4 Å². The van der Waals surface area contributed by atoms with Crippen LogP contribution < -0.4 is 0 Å². The first-order chi connectivity index (χ1) is 12.7. The Labute approximate surface area is 158 Å². The molecular weight excluding hydrogens is 318 g/mol. The molecule has 2 nitrogen and oxygen atoms in total. The predicted molar refractivity (Wildman–Crippen MR) is 109 cm³/mol. The molecule has 140 valence electrons. The van der Waals surface area contributed by atoms with Gasteiger partial charge in [-0.05, 0) is 30.4 Å². The molecule has 0 atom stereocenters. The Balaban J connectivity index is 1.68. The molecule has 1 N–H and O–H groups in total. The second-order valence-electron chi connectivity index (χ2n) is 7.79. The van der Waals surface area contributed by atoms with Crippen molar-refractivity contribution in [1.29, 1.82) is 0 Å². The summed E-state index contributed by atoms with van der Waals surface area (Å²) >= 11 is 0. The minimum absolute atomic E-state index is 0.280. The standard InChI is InChI=1S/C24H33NO/c1-2-3-4-11-16-24(26)17-19-25(20-18-24)23(21-12-7-5-8-13-21)22-14-9-6-10-15-22/h5-10,12-15,23,26H,2-4,11,16-20H2,1H3. The molecular formula is C24H33NO. The van der Waals surface area contributed by atoms with Crippen LogP contribution in [0.1, 0.15) is 69.0 Å². The molecule has 0 amide bonds. The zero-order valence-electron chi connectivity index (χ0n) is 16.1. The van der Waals surface area contributed by atoms with E-state index in [0.29, 0.717) is 0 Å². The van der Waals surface area contributed by atoms with Crippen molar-refractivity contribution in [3.8, 4) is 0 Å². The van der Waals surface area contributed by atoms with Crippen LogP contribution in [-0.4, -0.2) is 28.7 Å². The highest BCUT2D eigenvalue weighted by molar-refractivity contribution is 5.32. The fraction of sp³-hybridized carbons (Fsp3) is 0.500. The van der Waals surface area contributed by atoms with Gasteiger partial charge in [-0.2, -0.15) is 0 Å². The molecule has 1 heterocycles. The van der Waals surface area contributed by atoms with Crippen molar-refractivity contribution >= 4 is 0 Å². The molecule has 1 aliphatic rings. The van der Waals surface area contributed by atoms with Crippen molar-refractivity contribution in [3.05, 3.63) is 71.8 Å². The molecule has 0 radical (unpaired) electrons. The van der Waals surface area contributed by atoms with Gasteiger partial charge in [-0.3, -0.25) is 4.90 Å². The van der Waals surface area contributed by atoms with E-state index in [4.69, 9.17) is 0 Å². The van der Waals surface area contributed by atoms with Crippen molar-refractivity contribution in [2.75, 3.05) is 13.1 Å². The maximum Gasteiger partial charge on any atom is 0.0672 e. The summed E-state index contributed by atoms with van der Waals surface area (Å²) < 4.78 is 0. The van der Waals surface area contributed by atoms with Crippen molar-refractivity contribution in [2.24, 2.45) is 0 Å². The monoisotopic (exact) mass is 351 g/mol. The third-order valence-corrected chi connectivity index (χ3v) is 5.82. The zero-order valence-corrected chi connectivity index (χ0v) is 16.1. The average Bonchev–Trinajstić information content (AvgIpc) is 2.69. The van der Waals surface area contributed by atoms with Gasteiger partial charge in [0.1, 0.15) is 0 Å². The lowest BCUT2D eigenvalue weighted by Crippen LogP contribution is -2.45. The Kier molecular flexibility index (Phi) is 6.87. The second-order valence-corrected chi connectivity index (χ2v) is 7.79. The zero-order chi connectivity index (χ0) is 18.2. The molecule has 0 aliphatic carbocycles. The fourth-order valence-electron chi connectivity index (χ4n) is 4.21. The van der Waals surface area contributed by atoms with Crippen LogP contribution in [0.15, 0.2) is 60.7 Å². The quantitative estimate of drug-likeness (QED) is 0.628. The number of benzene rings is 2. The number of piperidine rings is 1. The van der Waals surface area contributed by atoms with E-state index in [1.54, 1.807) is 0 Å². The van der Waals surface area contributed by atoms with E-state index in [0.717, 1.165) is 38.8 Å². The highest BCUT2D eigenvalue weighted by Crippen LogP contribution is 2.35. The lowest BCUT2D eigenvalue weighted by atomic mass is 9.84. The SMILES string of the molecule is CCCCCCC1(O)CCN(C(c2ccccc2)c2ccccc2)CC1. The van der Waals surface area contributed by atoms with Crippen LogP contribution in [0.4, 0.5) is 0 Å². The summed E-state index contributed by atoms with van der Waals surface area (Å²) in [6, 6.07) is 21.8. The molecule has 26 heavy (non-hydrogen) atoms.